The Morgan fingerprint density at radius 3 is 2.40 bits per heavy atom. The summed E-state index contributed by atoms with van der Waals surface area (Å²) >= 11 is 0. The summed E-state index contributed by atoms with van der Waals surface area (Å²) in [7, 11) is 0. The number of rotatable bonds is 0. The normalized spacial score (nSPS) is 15.1. The van der Waals surface area contributed by atoms with Crippen molar-refractivity contribution in [2.45, 2.75) is 19.3 Å². The van der Waals surface area contributed by atoms with Crippen molar-refractivity contribution in [3.05, 3.63) is 65.7 Å². The Morgan fingerprint density at radius 2 is 1.55 bits per heavy atom. The van der Waals surface area contributed by atoms with Crippen molar-refractivity contribution in [1.82, 2.24) is 0 Å². The molecule has 0 amide bonds. The summed E-state index contributed by atoms with van der Waals surface area (Å²) in [6.07, 6.45) is 0. The summed E-state index contributed by atoms with van der Waals surface area (Å²) in [4.78, 5) is 0. The molecule has 3 aromatic carbocycles. The third kappa shape index (κ3) is 1.27. The molecule has 0 radical (unpaired) electrons. The highest BCUT2D eigenvalue weighted by molar-refractivity contribution is 5.99. The predicted molar refractivity (Wildman–Crippen MR) is 83.2 cm³/mol. The van der Waals surface area contributed by atoms with Gasteiger partial charge in [-0.3, -0.25) is 0 Å². The second-order valence-electron chi connectivity index (χ2n) is 6.04. The van der Waals surface area contributed by atoms with Gasteiger partial charge in [0.25, 0.3) is 0 Å². The topological polar surface area (TPSA) is 20.2 Å². The largest absolute Gasteiger partial charge is 0.507 e. The fraction of sp³-hybridized carbons (Fsp3) is 0.158. The minimum absolute atomic E-state index is 0.0621. The van der Waals surface area contributed by atoms with Crippen LogP contribution in [0.4, 0.5) is 0 Å². The summed E-state index contributed by atoms with van der Waals surface area (Å²) < 4.78 is 0. The molecule has 0 heterocycles. The highest BCUT2D eigenvalue weighted by Gasteiger charge is 2.37. The van der Waals surface area contributed by atoms with E-state index in [0.29, 0.717) is 5.75 Å². The molecule has 1 N–H and O–H groups in total. The van der Waals surface area contributed by atoms with E-state index < -0.39 is 0 Å². The smallest absolute Gasteiger partial charge is 0.131 e. The van der Waals surface area contributed by atoms with Crippen LogP contribution in [0, 0.1) is 0 Å². The van der Waals surface area contributed by atoms with Crippen molar-refractivity contribution >= 4 is 10.8 Å². The van der Waals surface area contributed by atoms with Gasteiger partial charge in [0.05, 0.1) is 0 Å². The zero-order chi connectivity index (χ0) is 13.9. The van der Waals surface area contributed by atoms with Gasteiger partial charge >= 0.3 is 0 Å². The van der Waals surface area contributed by atoms with Crippen LogP contribution in [0.15, 0.2) is 54.6 Å². The van der Waals surface area contributed by atoms with Gasteiger partial charge in [-0.05, 0) is 28.1 Å². The van der Waals surface area contributed by atoms with Gasteiger partial charge in [-0.25, -0.2) is 0 Å². The summed E-state index contributed by atoms with van der Waals surface area (Å²) in [5, 5.41) is 12.8. The minimum Gasteiger partial charge on any atom is -0.507 e. The molecule has 0 saturated heterocycles. The lowest BCUT2D eigenvalue weighted by Crippen LogP contribution is -2.14. The molecule has 0 aromatic heterocycles. The van der Waals surface area contributed by atoms with Crippen molar-refractivity contribution in [3.63, 3.8) is 0 Å². The highest BCUT2D eigenvalue weighted by atomic mass is 16.3. The number of hydrogen-bond acceptors (Lipinski definition) is 1. The van der Waals surface area contributed by atoms with Crippen molar-refractivity contribution in [3.8, 4) is 16.9 Å². The first-order valence-corrected chi connectivity index (χ1v) is 6.96. The second-order valence-corrected chi connectivity index (χ2v) is 6.04. The molecule has 0 spiro atoms. The number of fused-ring (bicyclic) bond motifs is 4. The van der Waals surface area contributed by atoms with Crippen molar-refractivity contribution < 1.29 is 5.11 Å². The quantitative estimate of drug-likeness (QED) is 0.612. The van der Waals surface area contributed by atoms with Crippen LogP contribution < -0.4 is 0 Å². The first-order chi connectivity index (χ1) is 9.60. The Morgan fingerprint density at radius 1 is 0.850 bits per heavy atom. The standard InChI is InChI=1S/C19H16O/c1-19(2)15-10-6-5-9-14(15)17-16(19)11-12-7-3-4-8-13(12)18(17)20/h3-11,20H,1-2H3. The Hall–Kier alpha value is -2.28. The van der Waals surface area contributed by atoms with E-state index in [0.717, 1.165) is 21.9 Å². The molecule has 1 heteroatoms. The zero-order valence-corrected chi connectivity index (χ0v) is 11.6. The van der Waals surface area contributed by atoms with Gasteiger partial charge in [0.1, 0.15) is 5.75 Å². The molecule has 0 aliphatic heterocycles. The molecule has 1 aliphatic carbocycles. The second kappa shape index (κ2) is 3.63. The van der Waals surface area contributed by atoms with Gasteiger partial charge in [0, 0.05) is 16.4 Å². The van der Waals surface area contributed by atoms with Crippen LogP contribution in [0.1, 0.15) is 25.0 Å². The number of benzene rings is 3. The molecule has 4 rings (SSSR count). The third-order valence-electron chi connectivity index (χ3n) is 4.56. The first kappa shape index (κ1) is 11.5. The molecule has 0 saturated carbocycles. The van der Waals surface area contributed by atoms with Crippen LogP contribution in [0.2, 0.25) is 0 Å². The van der Waals surface area contributed by atoms with Gasteiger partial charge < -0.3 is 5.11 Å². The van der Waals surface area contributed by atoms with Crippen molar-refractivity contribution in [1.29, 1.82) is 0 Å². The van der Waals surface area contributed by atoms with E-state index in [1.165, 1.54) is 11.1 Å². The van der Waals surface area contributed by atoms with Crippen LogP contribution >= 0.6 is 0 Å². The number of phenols is 1. The van der Waals surface area contributed by atoms with E-state index >= 15 is 0 Å². The summed E-state index contributed by atoms with van der Waals surface area (Å²) in [6.45, 7) is 4.46. The number of aromatic hydroxyl groups is 1. The van der Waals surface area contributed by atoms with Crippen molar-refractivity contribution in [2.24, 2.45) is 0 Å². The lowest BCUT2D eigenvalue weighted by atomic mass is 9.82. The van der Waals surface area contributed by atoms with Gasteiger partial charge in [-0.15, -0.1) is 0 Å². The molecule has 1 nitrogen and oxygen atoms in total. The van der Waals surface area contributed by atoms with Gasteiger partial charge in [0.15, 0.2) is 0 Å². The molecular formula is C19H16O. The van der Waals surface area contributed by atoms with E-state index in [-0.39, 0.29) is 5.41 Å². The van der Waals surface area contributed by atoms with Crippen LogP contribution in [-0.4, -0.2) is 5.11 Å². The zero-order valence-electron chi connectivity index (χ0n) is 11.6. The average Bonchev–Trinajstić information content (AvgIpc) is 2.69. The fourth-order valence-corrected chi connectivity index (χ4v) is 3.49. The molecule has 0 fully saturated rings. The highest BCUT2D eigenvalue weighted by Crippen LogP contribution is 2.53. The molecule has 0 atom stereocenters. The fourth-order valence-electron chi connectivity index (χ4n) is 3.49. The molecule has 20 heavy (non-hydrogen) atoms. The third-order valence-corrected chi connectivity index (χ3v) is 4.56. The van der Waals surface area contributed by atoms with E-state index in [1.54, 1.807) is 0 Å². The van der Waals surface area contributed by atoms with Crippen LogP contribution in [0.5, 0.6) is 5.75 Å². The number of hydrogen-bond donors (Lipinski definition) is 1. The van der Waals surface area contributed by atoms with Gasteiger partial charge in [-0.2, -0.15) is 0 Å². The minimum atomic E-state index is -0.0621. The Balaban J connectivity index is 2.21. The van der Waals surface area contributed by atoms with E-state index in [9.17, 15) is 5.11 Å². The molecule has 0 bridgehead atoms. The van der Waals surface area contributed by atoms with Gasteiger partial charge in [0.2, 0.25) is 0 Å². The lowest BCUT2D eigenvalue weighted by molar-refractivity contribution is 0.482. The monoisotopic (exact) mass is 260 g/mol. The maximum Gasteiger partial charge on any atom is 0.131 e. The molecule has 0 unspecified atom stereocenters. The number of phenolic OH excluding ortho intramolecular Hbond substituents is 1. The molecule has 98 valence electrons. The first-order valence-electron chi connectivity index (χ1n) is 6.96. The average molecular weight is 260 g/mol. The summed E-state index contributed by atoms with van der Waals surface area (Å²) in [6, 6.07) is 18.7. The van der Waals surface area contributed by atoms with E-state index in [4.69, 9.17) is 0 Å². The Labute approximate surface area is 118 Å². The Bertz CT molecular complexity index is 844. The maximum absolute atomic E-state index is 10.7. The lowest BCUT2D eigenvalue weighted by Gasteiger charge is -2.21. The Kier molecular flexibility index (Phi) is 2.10. The van der Waals surface area contributed by atoms with Crippen LogP contribution in [0.25, 0.3) is 21.9 Å². The SMILES string of the molecule is CC1(C)c2ccccc2-c2c1cc1ccccc1c2O. The van der Waals surface area contributed by atoms with Crippen molar-refractivity contribution in [2.75, 3.05) is 0 Å². The molecule has 3 aromatic rings. The van der Waals surface area contributed by atoms with E-state index in [2.05, 4.69) is 44.2 Å². The molecular weight excluding hydrogens is 244 g/mol. The van der Waals surface area contributed by atoms with E-state index in [1.807, 2.05) is 24.3 Å². The van der Waals surface area contributed by atoms with Crippen LogP contribution in [-0.2, 0) is 5.41 Å². The van der Waals surface area contributed by atoms with Crippen LogP contribution in [0.3, 0.4) is 0 Å². The predicted octanol–water partition coefficient (Wildman–Crippen LogP) is 4.85. The van der Waals surface area contributed by atoms with Gasteiger partial charge in [-0.1, -0.05) is 62.4 Å². The maximum atomic E-state index is 10.7. The summed E-state index contributed by atoms with van der Waals surface area (Å²) in [5.74, 6) is 0.413. The summed E-state index contributed by atoms with van der Waals surface area (Å²) in [5.41, 5.74) is 4.61. The molecule has 1 aliphatic rings.